The fourth-order valence-corrected chi connectivity index (χ4v) is 1.62. The number of aliphatic hydroxyl groups excluding tert-OH is 1. The van der Waals surface area contributed by atoms with E-state index in [0.29, 0.717) is 0 Å². The molecule has 9 heavy (non-hydrogen) atoms. The van der Waals surface area contributed by atoms with Crippen molar-refractivity contribution in [3.63, 3.8) is 0 Å². The van der Waals surface area contributed by atoms with Gasteiger partial charge in [-0.05, 0) is 0 Å². The predicted octanol–water partition coefficient (Wildman–Crippen LogP) is -0.0958. The standard InChI is InChI=1S/C6H7FO2/c7-6-4-2(8)1-3(9)5(4)6/h2,4-6,8H,1H2/t2-,4+,5-,6+/m1/s1. The van der Waals surface area contributed by atoms with Crippen molar-refractivity contribution >= 4 is 5.78 Å². The lowest BCUT2D eigenvalue weighted by Crippen LogP contribution is -2.11. The lowest BCUT2D eigenvalue weighted by atomic mass is 10.2. The summed E-state index contributed by atoms with van der Waals surface area (Å²) in [6.45, 7) is 0. The van der Waals surface area contributed by atoms with E-state index in [1.807, 2.05) is 0 Å². The Hall–Kier alpha value is -0.440. The molecule has 2 aliphatic rings. The minimum absolute atomic E-state index is 0.0972. The Morgan fingerprint density at radius 3 is 2.56 bits per heavy atom. The van der Waals surface area contributed by atoms with Crippen LogP contribution in [0.1, 0.15) is 6.42 Å². The van der Waals surface area contributed by atoms with Gasteiger partial charge in [-0.3, -0.25) is 4.79 Å². The van der Waals surface area contributed by atoms with Crippen LogP contribution in [0.2, 0.25) is 0 Å². The van der Waals surface area contributed by atoms with E-state index in [9.17, 15) is 9.18 Å². The van der Waals surface area contributed by atoms with Crippen molar-refractivity contribution in [2.24, 2.45) is 11.8 Å². The first kappa shape index (κ1) is 5.35. The number of ketones is 1. The maximum atomic E-state index is 12.3. The van der Waals surface area contributed by atoms with E-state index in [1.54, 1.807) is 0 Å². The number of hydrogen-bond acceptors (Lipinski definition) is 2. The van der Waals surface area contributed by atoms with Gasteiger partial charge in [-0.2, -0.15) is 0 Å². The van der Waals surface area contributed by atoms with Crippen molar-refractivity contribution in [2.45, 2.75) is 18.7 Å². The second-order valence-corrected chi connectivity index (χ2v) is 2.79. The Balaban J connectivity index is 2.19. The molecule has 0 aromatic heterocycles. The van der Waals surface area contributed by atoms with Gasteiger partial charge in [-0.1, -0.05) is 0 Å². The number of Topliss-reactive ketones (excluding diaryl/α,β-unsaturated/α-hetero) is 1. The van der Waals surface area contributed by atoms with E-state index in [-0.39, 0.29) is 18.1 Å². The summed E-state index contributed by atoms with van der Waals surface area (Å²) in [6, 6.07) is 0. The zero-order valence-corrected chi connectivity index (χ0v) is 4.75. The van der Waals surface area contributed by atoms with Gasteiger partial charge in [0, 0.05) is 12.3 Å². The van der Waals surface area contributed by atoms with E-state index in [0.717, 1.165) is 0 Å². The highest BCUT2D eigenvalue weighted by molar-refractivity contribution is 5.88. The van der Waals surface area contributed by atoms with Crippen molar-refractivity contribution in [3.05, 3.63) is 0 Å². The first-order valence-corrected chi connectivity index (χ1v) is 3.06. The number of alkyl halides is 1. The zero-order valence-electron chi connectivity index (χ0n) is 4.75. The molecule has 50 valence electrons. The first-order valence-electron chi connectivity index (χ1n) is 3.06. The van der Waals surface area contributed by atoms with Gasteiger partial charge in [-0.25, -0.2) is 4.39 Å². The quantitative estimate of drug-likeness (QED) is 0.497. The fourth-order valence-electron chi connectivity index (χ4n) is 1.62. The molecule has 2 nitrogen and oxygen atoms in total. The maximum absolute atomic E-state index is 12.3. The van der Waals surface area contributed by atoms with Gasteiger partial charge in [0.1, 0.15) is 12.0 Å². The second kappa shape index (κ2) is 1.34. The lowest BCUT2D eigenvalue weighted by Gasteiger charge is -1.99. The normalized spacial score (nSPS) is 55.6. The van der Waals surface area contributed by atoms with Gasteiger partial charge in [0.05, 0.1) is 12.0 Å². The molecule has 3 heteroatoms. The molecule has 2 saturated carbocycles. The van der Waals surface area contributed by atoms with Crippen molar-refractivity contribution in [3.8, 4) is 0 Å². The molecular formula is C6H7FO2. The van der Waals surface area contributed by atoms with Crippen molar-refractivity contribution in [2.75, 3.05) is 0 Å². The van der Waals surface area contributed by atoms with E-state index in [2.05, 4.69) is 0 Å². The minimum atomic E-state index is -1.03. The van der Waals surface area contributed by atoms with Gasteiger partial charge in [-0.15, -0.1) is 0 Å². The summed E-state index contributed by atoms with van der Waals surface area (Å²) >= 11 is 0. The Morgan fingerprint density at radius 1 is 1.67 bits per heavy atom. The number of rotatable bonds is 0. The number of aliphatic hydroxyl groups is 1. The smallest absolute Gasteiger partial charge is 0.141 e. The van der Waals surface area contributed by atoms with Crippen LogP contribution in [0.4, 0.5) is 4.39 Å². The number of fused-ring (bicyclic) bond motifs is 1. The molecule has 0 heterocycles. The van der Waals surface area contributed by atoms with Gasteiger partial charge in [0.25, 0.3) is 0 Å². The molecular weight excluding hydrogens is 123 g/mol. The number of halogens is 1. The molecule has 0 aromatic rings. The van der Waals surface area contributed by atoms with Crippen LogP contribution in [-0.2, 0) is 4.79 Å². The summed E-state index contributed by atoms with van der Waals surface area (Å²) in [5, 5.41) is 8.92. The molecule has 2 fully saturated rings. The lowest BCUT2D eigenvalue weighted by molar-refractivity contribution is -0.120. The predicted molar refractivity (Wildman–Crippen MR) is 27.5 cm³/mol. The van der Waals surface area contributed by atoms with Crippen LogP contribution in [-0.4, -0.2) is 23.2 Å². The monoisotopic (exact) mass is 130 g/mol. The maximum Gasteiger partial charge on any atom is 0.141 e. The third-order valence-corrected chi connectivity index (χ3v) is 2.21. The van der Waals surface area contributed by atoms with Crippen molar-refractivity contribution < 1.29 is 14.3 Å². The van der Waals surface area contributed by atoms with Crippen LogP contribution in [0.25, 0.3) is 0 Å². The van der Waals surface area contributed by atoms with E-state index in [4.69, 9.17) is 5.11 Å². The molecule has 0 amide bonds. The van der Waals surface area contributed by atoms with Crippen LogP contribution >= 0.6 is 0 Å². The third kappa shape index (κ3) is 0.503. The average Bonchev–Trinajstić information content (AvgIpc) is 2.30. The number of hydrogen-bond donors (Lipinski definition) is 1. The highest BCUT2D eigenvalue weighted by atomic mass is 19.1. The van der Waals surface area contributed by atoms with E-state index < -0.39 is 18.2 Å². The van der Waals surface area contributed by atoms with Crippen LogP contribution < -0.4 is 0 Å². The minimum Gasteiger partial charge on any atom is -0.392 e. The zero-order chi connectivity index (χ0) is 6.59. The Morgan fingerprint density at radius 2 is 2.33 bits per heavy atom. The van der Waals surface area contributed by atoms with Gasteiger partial charge in [0.15, 0.2) is 0 Å². The highest BCUT2D eigenvalue weighted by Gasteiger charge is 2.63. The molecule has 1 N–H and O–H groups in total. The average molecular weight is 130 g/mol. The van der Waals surface area contributed by atoms with Crippen LogP contribution in [0.5, 0.6) is 0 Å². The molecule has 0 aromatic carbocycles. The summed E-state index contributed by atoms with van der Waals surface area (Å²) in [5.41, 5.74) is 0. The largest absolute Gasteiger partial charge is 0.392 e. The highest BCUT2D eigenvalue weighted by Crippen LogP contribution is 2.51. The molecule has 0 spiro atoms. The van der Waals surface area contributed by atoms with Crippen LogP contribution in [0.15, 0.2) is 0 Å². The molecule has 0 radical (unpaired) electrons. The molecule has 0 bridgehead atoms. The summed E-state index contributed by atoms with van der Waals surface area (Å²) in [7, 11) is 0. The summed E-state index contributed by atoms with van der Waals surface area (Å²) in [6.07, 6.45) is -1.53. The van der Waals surface area contributed by atoms with Crippen molar-refractivity contribution in [1.82, 2.24) is 0 Å². The Bertz CT molecular complexity index is 168. The second-order valence-electron chi connectivity index (χ2n) is 2.79. The molecule has 2 rings (SSSR count). The van der Waals surface area contributed by atoms with E-state index in [1.165, 1.54) is 0 Å². The van der Waals surface area contributed by atoms with Crippen LogP contribution in [0.3, 0.4) is 0 Å². The fraction of sp³-hybridized carbons (Fsp3) is 0.833. The summed E-state index contributed by atoms with van der Waals surface area (Å²) < 4.78 is 12.3. The number of carbonyl (C=O) groups excluding carboxylic acids is 1. The number of carbonyl (C=O) groups is 1. The first-order chi connectivity index (χ1) is 4.22. The molecule has 0 saturated heterocycles. The molecule has 0 unspecified atom stereocenters. The SMILES string of the molecule is O=C1C[C@@H](O)[C@@H]2[C@H](F)[C@H]12. The topological polar surface area (TPSA) is 37.3 Å². The third-order valence-electron chi connectivity index (χ3n) is 2.21. The van der Waals surface area contributed by atoms with Gasteiger partial charge >= 0.3 is 0 Å². The van der Waals surface area contributed by atoms with Gasteiger partial charge in [0.2, 0.25) is 0 Å². The molecule has 0 aliphatic heterocycles. The van der Waals surface area contributed by atoms with Crippen LogP contribution in [0, 0.1) is 11.8 Å². The molecule has 2 aliphatic carbocycles. The molecule has 4 atom stereocenters. The van der Waals surface area contributed by atoms with Gasteiger partial charge < -0.3 is 5.11 Å². The summed E-state index contributed by atoms with van der Waals surface area (Å²) in [5.74, 6) is -0.863. The Labute approximate surface area is 51.7 Å². The summed E-state index contributed by atoms with van der Waals surface area (Å²) in [4.78, 5) is 10.6. The van der Waals surface area contributed by atoms with E-state index >= 15 is 0 Å². The Kier molecular flexibility index (Phi) is 0.799. The van der Waals surface area contributed by atoms with Crippen molar-refractivity contribution in [1.29, 1.82) is 0 Å².